The van der Waals surface area contributed by atoms with E-state index in [1.165, 1.54) is 6.42 Å². The molecule has 2 aliphatic rings. The van der Waals surface area contributed by atoms with Gasteiger partial charge in [0, 0.05) is 19.6 Å². The first-order valence-corrected chi connectivity index (χ1v) is 7.66. The normalized spacial score (nSPS) is 30.0. The van der Waals surface area contributed by atoms with Gasteiger partial charge < -0.3 is 15.7 Å². The van der Waals surface area contributed by atoms with Crippen LogP contribution in [0.2, 0.25) is 0 Å². The lowest BCUT2D eigenvalue weighted by molar-refractivity contribution is -0.157. The predicted molar refractivity (Wildman–Crippen MR) is 76.1 cm³/mol. The van der Waals surface area contributed by atoms with Gasteiger partial charge >= 0.3 is 5.97 Å². The molecule has 0 bridgehead atoms. The zero-order valence-corrected chi connectivity index (χ0v) is 12.4. The second-order valence-corrected chi connectivity index (χ2v) is 6.74. The minimum Gasteiger partial charge on any atom is -0.481 e. The largest absolute Gasteiger partial charge is 0.481 e. The van der Waals surface area contributed by atoms with Crippen molar-refractivity contribution in [1.29, 1.82) is 0 Å². The van der Waals surface area contributed by atoms with E-state index >= 15 is 0 Å². The molecule has 1 aliphatic carbocycles. The van der Waals surface area contributed by atoms with Crippen LogP contribution in [0.3, 0.4) is 0 Å². The van der Waals surface area contributed by atoms with Gasteiger partial charge in [-0.2, -0.15) is 0 Å². The van der Waals surface area contributed by atoms with Crippen molar-refractivity contribution in [2.24, 2.45) is 16.6 Å². The quantitative estimate of drug-likeness (QED) is 0.823. The maximum Gasteiger partial charge on any atom is 0.311 e. The summed E-state index contributed by atoms with van der Waals surface area (Å²) in [7, 11) is 0. The molecule has 114 valence electrons. The number of carbonyl (C=O) groups excluding carboxylic acids is 1. The van der Waals surface area contributed by atoms with E-state index in [1.54, 1.807) is 11.8 Å². The highest BCUT2D eigenvalue weighted by Crippen LogP contribution is 2.39. The van der Waals surface area contributed by atoms with E-state index in [9.17, 15) is 14.7 Å². The number of carbonyl (C=O) groups is 2. The summed E-state index contributed by atoms with van der Waals surface area (Å²) in [6.07, 6.45) is 6.37. The van der Waals surface area contributed by atoms with Crippen molar-refractivity contribution in [3.05, 3.63) is 0 Å². The fraction of sp³-hybridized carbons (Fsp3) is 0.867. The molecule has 1 saturated carbocycles. The van der Waals surface area contributed by atoms with Crippen LogP contribution >= 0.6 is 0 Å². The third-order valence-electron chi connectivity index (χ3n) is 5.16. The molecule has 3 N–H and O–H groups in total. The number of amides is 1. The van der Waals surface area contributed by atoms with Crippen LogP contribution in [0.25, 0.3) is 0 Å². The van der Waals surface area contributed by atoms with Crippen molar-refractivity contribution in [2.75, 3.05) is 19.6 Å². The summed E-state index contributed by atoms with van der Waals surface area (Å²) in [6, 6.07) is 0. The van der Waals surface area contributed by atoms with E-state index in [2.05, 4.69) is 0 Å². The molecule has 0 aromatic heterocycles. The second kappa shape index (κ2) is 5.72. The van der Waals surface area contributed by atoms with Crippen LogP contribution in [0.15, 0.2) is 0 Å². The SMILES string of the molecule is CC1(C(=O)O)CCCN(C(=O)C2(CN)CCCCC2)C1. The van der Waals surface area contributed by atoms with Gasteiger partial charge in [0.25, 0.3) is 0 Å². The highest BCUT2D eigenvalue weighted by atomic mass is 16.4. The van der Waals surface area contributed by atoms with Crippen LogP contribution in [-0.4, -0.2) is 41.5 Å². The van der Waals surface area contributed by atoms with Crippen LogP contribution in [0.4, 0.5) is 0 Å². The zero-order valence-electron chi connectivity index (χ0n) is 12.4. The van der Waals surface area contributed by atoms with Crippen molar-refractivity contribution in [3.63, 3.8) is 0 Å². The number of carboxylic acids is 1. The molecule has 20 heavy (non-hydrogen) atoms. The number of nitrogens with zero attached hydrogens (tertiary/aromatic N) is 1. The van der Waals surface area contributed by atoms with E-state index in [0.717, 1.165) is 32.1 Å². The van der Waals surface area contributed by atoms with E-state index in [4.69, 9.17) is 5.73 Å². The Morgan fingerprint density at radius 3 is 2.35 bits per heavy atom. The molecule has 2 rings (SSSR count). The number of likely N-dealkylation sites (tertiary alicyclic amines) is 1. The highest BCUT2D eigenvalue weighted by Gasteiger charge is 2.45. The lowest BCUT2D eigenvalue weighted by Gasteiger charge is -2.44. The third kappa shape index (κ3) is 2.68. The fourth-order valence-electron chi connectivity index (χ4n) is 3.66. The molecule has 0 spiro atoms. The Morgan fingerprint density at radius 1 is 1.15 bits per heavy atom. The van der Waals surface area contributed by atoms with Crippen LogP contribution < -0.4 is 5.73 Å². The van der Waals surface area contributed by atoms with Crippen molar-refractivity contribution in [2.45, 2.75) is 51.9 Å². The molecule has 1 atom stereocenters. The Kier molecular flexibility index (Phi) is 4.37. The van der Waals surface area contributed by atoms with Crippen molar-refractivity contribution in [3.8, 4) is 0 Å². The predicted octanol–water partition coefficient (Wildman–Crippen LogP) is 1.61. The summed E-state index contributed by atoms with van der Waals surface area (Å²) < 4.78 is 0. The van der Waals surface area contributed by atoms with Crippen molar-refractivity contribution >= 4 is 11.9 Å². The number of hydrogen-bond acceptors (Lipinski definition) is 3. The van der Waals surface area contributed by atoms with Crippen molar-refractivity contribution < 1.29 is 14.7 Å². The Labute approximate surface area is 120 Å². The van der Waals surface area contributed by atoms with Gasteiger partial charge in [0.2, 0.25) is 5.91 Å². The summed E-state index contributed by atoms with van der Waals surface area (Å²) in [6.45, 7) is 3.11. The lowest BCUT2D eigenvalue weighted by atomic mass is 9.72. The zero-order chi connectivity index (χ0) is 14.8. The average Bonchev–Trinajstić information content (AvgIpc) is 2.47. The van der Waals surface area contributed by atoms with Gasteiger partial charge in [0.1, 0.15) is 0 Å². The molecule has 5 nitrogen and oxygen atoms in total. The monoisotopic (exact) mass is 282 g/mol. The molecular formula is C15H26N2O3. The second-order valence-electron chi connectivity index (χ2n) is 6.74. The minimum atomic E-state index is -0.807. The number of hydrogen-bond donors (Lipinski definition) is 2. The van der Waals surface area contributed by atoms with Crippen LogP contribution in [0, 0.1) is 10.8 Å². The van der Waals surface area contributed by atoms with Gasteiger partial charge in [-0.1, -0.05) is 19.3 Å². The number of carboxylic acid groups (broad SMARTS) is 1. The Morgan fingerprint density at radius 2 is 1.80 bits per heavy atom. The van der Waals surface area contributed by atoms with E-state index in [0.29, 0.717) is 26.1 Å². The molecule has 0 radical (unpaired) electrons. The summed E-state index contributed by atoms with van der Waals surface area (Å²) >= 11 is 0. The average molecular weight is 282 g/mol. The Balaban J connectivity index is 2.13. The summed E-state index contributed by atoms with van der Waals surface area (Å²) in [4.78, 5) is 26.0. The first-order valence-electron chi connectivity index (χ1n) is 7.66. The standard InChI is InChI=1S/C15H26N2O3/c1-14(13(19)20)6-5-9-17(11-14)12(18)15(10-16)7-3-2-4-8-15/h2-11,16H2,1H3,(H,19,20). The fourth-order valence-corrected chi connectivity index (χ4v) is 3.66. The molecule has 1 amide bonds. The molecule has 1 aliphatic heterocycles. The molecule has 5 heteroatoms. The first kappa shape index (κ1) is 15.3. The minimum absolute atomic E-state index is 0.0897. The molecule has 1 unspecified atom stereocenters. The summed E-state index contributed by atoms with van der Waals surface area (Å²) in [5.74, 6) is -0.715. The lowest BCUT2D eigenvalue weighted by Crippen LogP contribution is -2.55. The summed E-state index contributed by atoms with van der Waals surface area (Å²) in [5.41, 5.74) is 4.67. The Hall–Kier alpha value is -1.10. The van der Waals surface area contributed by atoms with Gasteiger partial charge in [0.15, 0.2) is 0 Å². The maximum atomic E-state index is 12.9. The number of piperidine rings is 1. The van der Waals surface area contributed by atoms with E-state index in [1.807, 2.05) is 0 Å². The van der Waals surface area contributed by atoms with Crippen molar-refractivity contribution in [1.82, 2.24) is 4.90 Å². The Bertz CT molecular complexity index is 391. The van der Waals surface area contributed by atoms with Crippen LogP contribution in [0.5, 0.6) is 0 Å². The van der Waals surface area contributed by atoms with Gasteiger partial charge in [-0.05, 0) is 32.6 Å². The van der Waals surface area contributed by atoms with E-state index < -0.39 is 16.8 Å². The molecule has 0 aromatic carbocycles. The van der Waals surface area contributed by atoms with Gasteiger partial charge in [0.05, 0.1) is 10.8 Å². The van der Waals surface area contributed by atoms with Crippen LogP contribution in [-0.2, 0) is 9.59 Å². The van der Waals surface area contributed by atoms with Crippen LogP contribution in [0.1, 0.15) is 51.9 Å². The molecule has 1 saturated heterocycles. The van der Waals surface area contributed by atoms with Gasteiger partial charge in [-0.25, -0.2) is 0 Å². The smallest absolute Gasteiger partial charge is 0.311 e. The molecule has 2 fully saturated rings. The topological polar surface area (TPSA) is 83.6 Å². The molecule has 0 aromatic rings. The molecule has 1 heterocycles. The first-order chi connectivity index (χ1) is 9.43. The highest BCUT2D eigenvalue weighted by molar-refractivity contribution is 5.84. The summed E-state index contributed by atoms with van der Waals surface area (Å²) in [5, 5.41) is 9.37. The van der Waals surface area contributed by atoms with E-state index in [-0.39, 0.29) is 5.91 Å². The number of aliphatic carboxylic acids is 1. The van der Waals surface area contributed by atoms with Gasteiger partial charge in [-0.3, -0.25) is 9.59 Å². The maximum absolute atomic E-state index is 12.9. The number of nitrogens with two attached hydrogens (primary N) is 1. The third-order valence-corrected chi connectivity index (χ3v) is 5.16. The number of rotatable bonds is 3. The van der Waals surface area contributed by atoms with Gasteiger partial charge in [-0.15, -0.1) is 0 Å². The molecular weight excluding hydrogens is 256 g/mol.